The zero-order valence-corrected chi connectivity index (χ0v) is 6.73. The predicted molar refractivity (Wildman–Crippen MR) is 43.0 cm³/mol. The Balaban J connectivity index is 2.18. The zero-order valence-electron chi connectivity index (χ0n) is 6.73. The van der Waals surface area contributed by atoms with Crippen LogP contribution in [0.15, 0.2) is 11.6 Å². The van der Waals surface area contributed by atoms with Crippen molar-refractivity contribution >= 4 is 0 Å². The second kappa shape index (κ2) is 4.51. The quantitative estimate of drug-likeness (QED) is 0.547. The molecule has 0 unspecified atom stereocenters. The van der Waals surface area contributed by atoms with Crippen molar-refractivity contribution in [3.05, 3.63) is 11.6 Å². The van der Waals surface area contributed by atoms with Gasteiger partial charge < -0.3 is 4.74 Å². The minimum Gasteiger partial charge on any atom is -0.377 e. The molecule has 0 saturated carbocycles. The number of hydrogen-bond acceptors (Lipinski definition) is 1. The molecule has 0 aliphatic carbocycles. The van der Waals surface area contributed by atoms with Crippen LogP contribution >= 0.6 is 0 Å². The smallest absolute Gasteiger partial charge is 0.0676 e. The highest BCUT2D eigenvalue weighted by atomic mass is 16.5. The van der Waals surface area contributed by atoms with E-state index in [-0.39, 0.29) is 0 Å². The number of hydrogen-bond donors (Lipinski definition) is 0. The van der Waals surface area contributed by atoms with E-state index in [4.69, 9.17) is 4.74 Å². The van der Waals surface area contributed by atoms with Gasteiger partial charge in [-0.1, -0.05) is 19.4 Å². The summed E-state index contributed by atoms with van der Waals surface area (Å²) in [5, 5.41) is 0. The fourth-order valence-electron chi connectivity index (χ4n) is 1.19. The van der Waals surface area contributed by atoms with Crippen LogP contribution in [0.25, 0.3) is 0 Å². The van der Waals surface area contributed by atoms with Crippen molar-refractivity contribution in [2.45, 2.75) is 32.6 Å². The van der Waals surface area contributed by atoms with Crippen LogP contribution in [-0.4, -0.2) is 13.2 Å². The van der Waals surface area contributed by atoms with Gasteiger partial charge in [-0.25, -0.2) is 0 Å². The molecule has 0 bridgehead atoms. The Morgan fingerprint density at radius 1 is 1.60 bits per heavy atom. The number of rotatable bonds is 3. The second-order valence-corrected chi connectivity index (χ2v) is 2.81. The lowest BCUT2D eigenvalue weighted by Gasteiger charge is -2.12. The Morgan fingerprint density at radius 2 is 2.50 bits per heavy atom. The van der Waals surface area contributed by atoms with Crippen LogP contribution in [0.1, 0.15) is 32.6 Å². The van der Waals surface area contributed by atoms with E-state index in [2.05, 4.69) is 13.0 Å². The summed E-state index contributed by atoms with van der Waals surface area (Å²) in [6.07, 6.45) is 7.31. The molecule has 1 heteroatoms. The van der Waals surface area contributed by atoms with Gasteiger partial charge in [-0.05, 0) is 24.8 Å². The molecule has 10 heavy (non-hydrogen) atoms. The van der Waals surface area contributed by atoms with E-state index in [1.807, 2.05) is 0 Å². The van der Waals surface area contributed by atoms with E-state index >= 15 is 0 Å². The molecule has 1 heterocycles. The molecule has 0 amide bonds. The lowest BCUT2D eigenvalue weighted by Crippen LogP contribution is -2.05. The van der Waals surface area contributed by atoms with Gasteiger partial charge in [-0.2, -0.15) is 0 Å². The normalized spacial score (nSPS) is 18.7. The number of unbranched alkanes of at least 4 members (excludes halogenated alkanes) is 1. The van der Waals surface area contributed by atoms with Gasteiger partial charge in [0.05, 0.1) is 13.2 Å². The molecule has 58 valence electrons. The van der Waals surface area contributed by atoms with Crippen LogP contribution in [0.4, 0.5) is 0 Å². The predicted octanol–water partition coefficient (Wildman–Crippen LogP) is 2.52. The van der Waals surface area contributed by atoms with Crippen molar-refractivity contribution < 1.29 is 4.74 Å². The van der Waals surface area contributed by atoms with Crippen molar-refractivity contribution in [3.8, 4) is 0 Å². The molecule has 0 N–H and O–H groups in total. The maximum absolute atomic E-state index is 5.31. The second-order valence-electron chi connectivity index (χ2n) is 2.81. The van der Waals surface area contributed by atoms with Crippen molar-refractivity contribution in [1.82, 2.24) is 0 Å². The summed E-state index contributed by atoms with van der Waals surface area (Å²) >= 11 is 0. The first-order valence-electron chi connectivity index (χ1n) is 4.19. The third-order valence-corrected chi connectivity index (χ3v) is 1.83. The largest absolute Gasteiger partial charge is 0.377 e. The van der Waals surface area contributed by atoms with E-state index in [9.17, 15) is 0 Å². The monoisotopic (exact) mass is 140 g/mol. The third-order valence-electron chi connectivity index (χ3n) is 1.83. The zero-order chi connectivity index (χ0) is 7.23. The van der Waals surface area contributed by atoms with Crippen LogP contribution in [0.2, 0.25) is 0 Å². The molecule has 1 rings (SSSR count). The summed E-state index contributed by atoms with van der Waals surface area (Å²) in [5.41, 5.74) is 1.51. The lowest BCUT2D eigenvalue weighted by molar-refractivity contribution is 0.148. The summed E-state index contributed by atoms with van der Waals surface area (Å²) in [7, 11) is 0. The van der Waals surface area contributed by atoms with Gasteiger partial charge in [0.25, 0.3) is 0 Å². The maximum atomic E-state index is 5.31. The van der Waals surface area contributed by atoms with Crippen molar-refractivity contribution in [3.63, 3.8) is 0 Å². The first-order valence-corrected chi connectivity index (χ1v) is 4.19. The standard InChI is InChI=1S/C9H16O/c1-2-3-5-9-6-4-7-10-8-9/h6H,2-5,7-8H2,1H3. The third kappa shape index (κ3) is 2.53. The molecule has 0 aromatic heterocycles. The average Bonchev–Trinajstić information content (AvgIpc) is 2.03. The van der Waals surface area contributed by atoms with E-state index in [1.165, 1.54) is 24.8 Å². The summed E-state index contributed by atoms with van der Waals surface area (Å²) in [5.74, 6) is 0. The van der Waals surface area contributed by atoms with Crippen LogP contribution in [0.5, 0.6) is 0 Å². The number of ether oxygens (including phenoxy) is 1. The Hall–Kier alpha value is -0.300. The summed E-state index contributed by atoms with van der Waals surface area (Å²) in [6.45, 7) is 4.04. The first-order chi connectivity index (χ1) is 4.93. The fraction of sp³-hybridized carbons (Fsp3) is 0.778. The minimum absolute atomic E-state index is 0.889. The van der Waals surface area contributed by atoms with Gasteiger partial charge in [-0.3, -0.25) is 0 Å². The van der Waals surface area contributed by atoms with E-state index < -0.39 is 0 Å². The molecule has 0 radical (unpaired) electrons. The first kappa shape index (κ1) is 7.80. The topological polar surface area (TPSA) is 9.23 Å². The summed E-state index contributed by atoms with van der Waals surface area (Å²) in [4.78, 5) is 0. The van der Waals surface area contributed by atoms with Crippen LogP contribution < -0.4 is 0 Å². The molecule has 0 fully saturated rings. The molecule has 0 aromatic carbocycles. The molecule has 1 nitrogen and oxygen atoms in total. The molecular weight excluding hydrogens is 124 g/mol. The van der Waals surface area contributed by atoms with Gasteiger partial charge in [-0.15, -0.1) is 0 Å². The van der Waals surface area contributed by atoms with Gasteiger partial charge in [0.1, 0.15) is 0 Å². The highest BCUT2D eigenvalue weighted by Crippen LogP contribution is 2.12. The SMILES string of the molecule is CCCCC1=CCCOC1. The molecule has 1 aliphatic rings. The van der Waals surface area contributed by atoms with E-state index in [1.54, 1.807) is 0 Å². The lowest BCUT2D eigenvalue weighted by atomic mass is 10.1. The van der Waals surface area contributed by atoms with Gasteiger partial charge >= 0.3 is 0 Å². The van der Waals surface area contributed by atoms with Crippen molar-refractivity contribution in [2.75, 3.05) is 13.2 Å². The molecule has 0 aromatic rings. The van der Waals surface area contributed by atoms with Crippen LogP contribution in [0, 0.1) is 0 Å². The van der Waals surface area contributed by atoms with Gasteiger partial charge in [0.2, 0.25) is 0 Å². The highest BCUT2D eigenvalue weighted by molar-refractivity contribution is 5.04. The molecule has 0 spiro atoms. The van der Waals surface area contributed by atoms with Gasteiger partial charge in [0, 0.05) is 0 Å². The molecule has 0 atom stereocenters. The van der Waals surface area contributed by atoms with Crippen molar-refractivity contribution in [1.29, 1.82) is 0 Å². The average molecular weight is 140 g/mol. The Bertz CT molecular complexity index is 116. The molecular formula is C9H16O. The Labute approximate surface area is 63.1 Å². The van der Waals surface area contributed by atoms with Crippen molar-refractivity contribution in [2.24, 2.45) is 0 Å². The molecule has 1 aliphatic heterocycles. The molecule has 0 saturated heterocycles. The van der Waals surface area contributed by atoms with E-state index in [0.29, 0.717) is 0 Å². The van der Waals surface area contributed by atoms with Gasteiger partial charge in [0.15, 0.2) is 0 Å². The van der Waals surface area contributed by atoms with E-state index in [0.717, 1.165) is 19.6 Å². The highest BCUT2D eigenvalue weighted by Gasteiger charge is 2.01. The fourth-order valence-corrected chi connectivity index (χ4v) is 1.19. The Morgan fingerprint density at radius 3 is 3.10 bits per heavy atom. The maximum Gasteiger partial charge on any atom is 0.0676 e. The minimum atomic E-state index is 0.889. The van der Waals surface area contributed by atoms with Crippen LogP contribution in [0.3, 0.4) is 0 Å². The van der Waals surface area contributed by atoms with Crippen LogP contribution in [-0.2, 0) is 4.74 Å². The summed E-state index contributed by atoms with van der Waals surface area (Å²) < 4.78 is 5.31. The summed E-state index contributed by atoms with van der Waals surface area (Å²) in [6, 6.07) is 0. The Kier molecular flexibility index (Phi) is 3.52.